The number of hydrogen-bond donors (Lipinski definition) is 1. The molecular formula is C24H16N2O4. The van der Waals surface area contributed by atoms with Crippen LogP contribution in [0.4, 0.5) is 5.82 Å². The van der Waals surface area contributed by atoms with Crippen LogP contribution in [0.15, 0.2) is 90.1 Å². The van der Waals surface area contributed by atoms with Crippen LogP contribution in [0.5, 0.6) is 5.75 Å². The Morgan fingerprint density at radius 2 is 1.60 bits per heavy atom. The maximum absolute atomic E-state index is 12.8. The van der Waals surface area contributed by atoms with Crippen molar-refractivity contribution >= 4 is 34.7 Å². The number of nitrogens with zero attached hydrogens (tertiary/aromatic N) is 2. The first-order valence-electron chi connectivity index (χ1n) is 9.15. The highest BCUT2D eigenvalue weighted by atomic mass is 16.5. The number of fused-ring (bicyclic) bond motifs is 1. The van der Waals surface area contributed by atoms with Crippen LogP contribution in [0.3, 0.4) is 0 Å². The van der Waals surface area contributed by atoms with E-state index in [1.54, 1.807) is 42.7 Å². The molecule has 0 atom stereocenters. The molecule has 0 amide bonds. The SMILES string of the molecule is O=C(O)c1ccccc1C(=O)Oc1ccc2ccccc2c1C=Nc1ccccn1. The first-order valence-corrected chi connectivity index (χ1v) is 9.15. The lowest BCUT2D eigenvalue weighted by atomic mass is 10.0. The van der Waals surface area contributed by atoms with Gasteiger partial charge in [-0.2, -0.15) is 0 Å². The number of aromatic carboxylic acids is 1. The zero-order chi connectivity index (χ0) is 20.9. The molecule has 146 valence electrons. The van der Waals surface area contributed by atoms with Gasteiger partial charge in [0.05, 0.1) is 11.1 Å². The van der Waals surface area contributed by atoms with Gasteiger partial charge >= 0.3 is 11.9 Å². The molecule has 30 heavy (non-hydrogen) atoms. The third kappa shape index (κ3) is 3.93. The highest BCUT2D eigenvalue weighted by molar-refractivity contribution is 6.06. The molecule has 1 aromatic heterocycles. The molecule has 1 heterocycles. The van der Waals surface area contributed by atoms with E-state index in [4.69, 9.17) is 4.74 Å². The quantitative estimate of drug-likeness (QED) is 0.294. The van der Waals surface area contributed by atoms with Crippen molar-refractivity contribution in [1.29, 1.82) is 0 Å². The minimum Gasteiger partial charge on any atom is -0.478 e. The number of aromatic nitrogens is 1. The molecule has 0 radical (unpaired) electrons. The van der Waals surface area contributed by atoms with E-state index < -0.39 is 11.9 Å². The minimum absolute atomic E-state index is 0.0224. The molecule has 0 fully saturated rings. The van der Waals surface area contributed by atoms with Crippen molar-refractivity contribution in [2.24, 2.45) is 4.99 Å². The van der Waals surface area contributed by atoms with Gasteiger partial charge in [0, 0.05) is 18.0 Å². The van der Waals surface area contributed by atoms with Gasteiger partial charge in [0.25, 0.3) is 0 Å². The monoisotopic (exact) mass is 396 g/mol. The van der Waals surface area contributed by atoms with Crippen molar-refractivity contribution in [3.63, 3.8) is 0 Å². The molecule has 0 spiro atoms. The van der Waals surface area contributed by atoms with E-state index in [1.165, 1.54) is 12.1 Å². The van der Waals surface area contributed by atoms with Crippen molar-refractivity contribution < 1.29 is 19.4 Å². The summed E-state index contributed by atoms with van der Waals surface area (Å²) in [6, 6.07) is 22.5. The number of carbonyl (C=O) groups is 2. The maximum Gasteiger partial charge on any atom is 0.344 e. The summed E-state index contributed by atoms with van der Waals surface area (Å²) in [6.07, 6.45) is 3.23. The molecule has 4 rings (SSSR count). The maximum atomic E-state index is 12.8. The lowest BCUT2D eigenvalue weighted by Crippen LogP contribution is -2.14. The fourth-order valence-electron chi connectivity index (χ4n) is 3.06. The Bertz CT molecular complexity index is 1270. The van der Waals surface area contributed by atoms with E-state index in [0.29, 0.717) is 11.4 Å². The Hall–Kier alpha value is -4.32. The van der Waals surface area contributed by atoms with E-state index in [-0.39, 0.29) is 16.9 Å². The Labute approximate surface area is 172 Å². The van der Waals surface area contributed by atoms with Crippen LogP contribution in [0, 0.1) is 0 Å². The van der Waals surface area contributed by atoms with Gasteiger partial charge in [-0.25, -0.2) is 19.6 Å². The average Bonchev–Trinajstić information content (AvgIpc) is 2.78. The standard InChI is InChI=1S/C24H16N2O4/c27-23(28)18-9-3-4-10-19(18)24(29)30-21-13-12-16-7-1-2-8-17(16)20(21)15-26-22-11-5-6-14-25-22/h1-15H,(H,27,28). The Morgan fingerprint density at radius 1 is 0.867 bits per heavy atom. The molecule has 0 aliphatic carbocycles. The number of carboxylic acid groups (broad SMARTS) is 1. The topological polar surface area (TPSA) is 88.8 Å². The van der Waals surface area contributed by atoms with E-state index in [1.807, 2.05) is 36.4 Å². The van der Waals surface area contributed by atoms with Gasteiger partial charge in [0.15, 0.2) is 5.82 Å². The number of pyridine rings is 1. The summed E-state index contributed by atoms with van der Waals surface area (Å²) >= 11 is 0. The number of carboxylic acids is 1. The second-order valence-corrected chi connectivity index (χ2v) is 6.38. The lowest BCUT2D eigenvalue weighted by molar-refractivity contribution is 0.0668. The molecule has 6 heteroatoms. The molecule has 0 aliphatic heterocycles. The van der Waals surface area contributed by atoms with Crippen LogP contribution >= 0.6 is 0 Å². The Kier molecular flexibility index (Phi) is 5.30. The number of benzene rings is 3. The number of ether oxygens (including phenoxy) is 1. The van der Waals surface area contributed by atoms with Gasteiger partial charge in [-0.15, -0.1) is 0 Å². The van der Waals surface area contributed by atoms with Crippen molar-refractivity contribution in [3.05, 3.63) is 102 Å². The third-order valence-corrected chi connectivity index (χ3v) is 4.49. The molecule has 0 saturated carbocycles. The van der Waals surface area contributed by atoms with Gasteiger partial charge in [0.2, 0.25) is 0 Å². The molecule has 1 N–H and O–H groups in total. The highest BCUT2D eigenvalue weighted by Crippen LogP contribution is 2.28. The van der Waals surface area contributed by atoms with E-state index in [2.05, 4.69) is 9.98 Å². The minimum atomic E-state index is -1.20. The average molecular weight is 396 g/mol. The summed E-state index contributed by atoms with van der Waals surface area (Å²) in [5, 5.41) is 11.1. The number of rotatable bonds is 5. The van der Waals surface area contributed by atoms with E-state index in [0.717, 1.165) is 10.8 Å². The summed E-state index contributed by atoms with van der Waals surface area (Å²) in [5.74, 6) is -1.16. The van der Waals surface area contributed by atoms with Crippen LogP contribution in [-0.2, 0) is 0 Å². The van der Waals surface area contributed by atoms with Crippen LogP contribution in [0.1, 0.15) is 26.3 Å². The fraction of sp³-hybridized carbons (Fsp3) is 0. The summed E-state index contributed by atoms with van der Waals surface area (Å²) in [4.78, 5) is 32.8. The van der Waals surface area contributed by atoms with Gasteiger partial charge in [0.1, 0.15) is 5.75 Å². The predicted molar refractivity (Wildman–Crippen MR) is 114 cm³/mol. The summed E-state index contributed by atoms with van der Waals surface area (Å²) in [6.45, 7) is 0. The fourth-order valence-corrected chi connectivity index (χ4v) is 3.06. The number of hydrogen-bond acceptors (Lipinski definition) is 5. The van der Waals surface area contributed by atoms with Gasteiger partial charge < -0.3 is 9.84 Å². The van der Waals surface area contributed by atoms with E-state index in [9.17, 15) is 14.7 Å². The van der Waals surface area contributed by atoms with Gasteiger partial charge in [-0.1, -0.05) is 48.5 Å². The zero-order valence-corrected chi connectivity index (χ0v) is 15.7. The first kappa shape index (κ1) is 19.0. The smallest absolute Gasteiger partial charge is 0.344 e. The second-order valence-electron chi connectivity index (χ2n) is 6.38. The van der Waals surface area contributed by atoms with Gasteiger partial charge in [-0.05, 0) is 41.1 Å². The molecule has 0 unspecified atom stereocenters. The predicted octanol–water partition coefficient (Wildman–Crippen LogP) is 4.90. The highest BCUT2D eigenvalue weighted by Gasteiger charge is 2.19. The number of carbonyl (C=O) groups excluding carboxylic acids is 1. The third-order valence-electron chi connectivity index (χ3n) is 4.49. The molecular weight excluding hydrogens is 380 g/mol. The zero-order valence-electron chi connectivity index (χ0n) is 15.7. The Morgan fingerprint density at radius 3 is 2.37 bits per heavy atom. The summed E-state index contributed by atoms with van der Waals surface area (Å²) in [5.41, 5.74) is 0.456. The normalized spacial score (nSPS) is 10.9. The molecule has 0 saturated heterocycles. The van der Waals surface area contributed by atoms with Crippen molar-refractivity contribution in [2.45, 2.75) is 0 Å². The largest absolute Gasteiger partial charge is 0.478 e. The van der Waals surface area contributed by atoms with E-state index >= 15 is 0 Å². The first-order chi connectivity index (χ1) is 14.6. The van der Waals surface area contributed by atoms with Gasteiger partial charge in [-0.3, -0.25) is 0 Å². The van der Waals surface area contributed by atoms with Crippen LogP contribution < -0.4 is 4.74 Å². The van der Waals surface area contributed by atoms with Crippen LogP contribution in [0.2, 0.25) is 0 Å². The molecule has 0 bridgehead atoms. The van der Waals surface area contributed by atoms with Crippen molar-refractivity contribution in [2.75, 3.05) is 0 Å². The number of aliphatic imine (C=N–C) groups is 1. The lowest BCUT2D eigenvalue weighted by Gasteiger charge is -2.11. The summed E-state index contributed by atoms with van der Waals surface area (Å²) in [7, 11) is 0. The van der Waals surface area contributed by atoms with Crippen molar-refractivity contribution in [3.8, 4) is 5.75 Å². The number of esters is 1. The molecule has 4 aromatic rings. The molecule has 3 aromatic carbocycles. The van der Waals surface area contributed by atoms with Crippen LogP contribution in [-0.4, -0.2) is 28.2 Å². The molecule has 0 aliphatic rings. The second kappa shape index (κ2) is 8.36. The van der Waals surface area contributed by atoms with Crippen molar-refractivity contribution in [1.82, 2.24) is 4.98 Å². The van der Waals surface area contributed by atoms with Crippen LogP contribution in [0.25, 0.3) is 10.8 Å². The summed E-state index contributed by atoms with van der Waals surface area (Å²) < 4.78 is 5.61. The Balaban J connectivity index is 1.77. The molecule has 6 nitrogen and oxygen atoms in total.